The van der Waals surface area contributed by atoms with Gasteiger partial charge in [-0.15, -0.1) is 11.3 Å². The molecule has 6 nitrogen and oxygen atoms in total. The molecule has 140 valence electrons. The molecule has 0 saturated carbocycles. The number of hydrogen-bond acceptors (Lipinski definition) is 6. The first kappa shape index (κ1) is 18.9. The van der Waals surface area contributed by atoms with Crippen LogP contribution >= 0.6 is 11.3 Å². The fourth-order valence-corrected chi connectivity index (χ4v) is 3.63. The minimum atomic E-state index is -1.01. The summed E-state index contributed by atoms with van der Waals surface area (Å²) < 4.78 is 24.6. The van der Waals surface area contributed by atoms with Crippen molar-refractivity contribution < 1.29 is 23.8 Å². The van der Waals surface area contributed by atoms with Gasteiger partial charge in [0.25, 0.3) is 5.91 Å². The fraction of sp³-hybridized carbons (Fsp3) is 0.444. The van der Waals surface area contributed by atoms with Crippen molar-refractivity contribution in [2.24, 2.45) is 0 Å². The molecule has 1 amide bonds. The van der Waals surface area contributed by atoms with E-state index in [9.17, 15) is 14.3 Å². The Morgan fingerprint density at radius 3 is 2.54 bits per heavy atom. The first-order valence-corrected chi connectivity index (χ1v) is 9.04. The first-order valence-electron chi connectivity index (χ1n) is 8.23. The number of nitrogens with one attached hydrogen (secondary N) is 1. The molecule has 1 aliphatic rings. The fourth-order valence-electron chi connectivity index (χ4n) is 2.51. The summed E-state index contributed by atoms with van der Waals surface area (Å²) in [5.74, 6) is -1.79. The van der Waals surface area contributed by atoms with Crippen LogP contribution in [0.2, 0.25) is 0 Å². The zero-order valence-electron chi connectivity index (χ0n) is 14.8. The highest BCUT2D eigenvalue weighted by molar-refractivity contribution is 7.15. The van der Waals surface area contributed by atoms with Crippen molar-refractivity contribution in [1.82, 2.24) is 10.3 Å². The third kappa shape index (κ3) is 3.78. The summed E-state index contributed by atoms with van der Waals surface area (Å²) in [5.41, 5.74) is 0.0627. The van der Waals surface area contributed by atoms with Crippen LogP contribution in [-0.2, 0) is 15.3 Å². The Morgan fingerprint density at radius 1 is 1.35 bits per heavy atom. The van der Waals surface area contributed by atoms with Gasteiger partial charge in [-0.1, -0.05) is 12.1 Å². The van der Waals surface area contributed by atoms with Crippen molar-refractivity contribution in [3.05, 3.63) is 40.8 Å². The maximum absolute atomic E-state index is 13.3. The number of carbonyl (C=O) groups is 1. The Morgan fingerprint density at radius 2 is 1.96 bits per heavy atom. The molecule has 8 heteroatoms. The lowest BCUT2D eigenvalue weighted by Gasteiger charge is -2.23. The predicted octanol–water partition coefficient (Wildman–Crippen LogP) is 2.67. The van der Waals surface area contributed by atoms with E-state index >= 15 is 0 Å². The van der Waals surface area contributed by atoms with Gasteiger partial charge in [0.2, 0.25) is 5.79 Å². The maximum Gasteiger partial charge on any atom is 0.271 e. The molecule has 1 saturated heterocycles. The largest absolute Gasteiger partial charge is 0.394 e. The second-order valence-corrected chi connectivity index (χ2v) is 7.84. The normalized spacial score (nSPS) is 16.7. The van der Waals surface area contributed by atoms with Crippen molar-refractivity contribution in [2.45, 2.75) is 32.1 Å². The summed E-state index contributed by atoms with van der Waals surface area (Å²) in [5, 5.41) is 12.7. The van der Waals surface area contributed by atoms with E-state index in [0.717, 1.165) is 0 Å². The molecule has 0 bridgehead atoms. The van der Waals surface area contributed by atoms with E-state index in [2.05, 4.69) is 10.3 Å². The number of rotatable bonds is 5. The van der Waals surface area contributed by atoms with Gasteiger partial charge in [0.1, 0.15) is 11.5 Å². The molecule has 0 atom stereocenters. The zero-order valence-corrected chi connectivity index (χ0v) is 15.7. The van der Waals surface area contributed by atoms with E-state index in [4.69, 9.17) is 9.47 Å². The Labute approximate surface area is 155 Å². The number of aliphatic hydroxyl groups is 1. The summed E-state index contributed by atoms with van der Waals surface area (Å²) in [6.45, 7) is 5.85. The summed E-state index contributed by atoms with van der Waals surface area (Å²) in [4.78, 5) is 17.8. The first-order chi connectivity index (χ1) is 12.2. The second-order valence-electron chi connectivity index (χ2n) is 6.84. The smallest absolute Gasteiger partial charge is 0.271 e. The third-order valence-electron chi connectivity index (χ3n) is 4.02. The monoisotopic (exact) mass is 380 g/mol. The number of amides is 1. The number of thiazole rings is 1. The standard InChI is InChI=1S/C18H21FN2O4S/c1-17(2,10-22)21-15(23)13-14(11-4-6-12(19)7-5-11)26-16(20-13)18(3)24-8-9-25-18/h4-7,22H,8-10H2,1-3H3,(H,21,23). The predicted molar refractivity (Wildman–Crippen MR) is 95.4 cm³/mol. The van der Waals surface area contributed by atoms with Gasteiger partial charge in [0.15, 0.2) is 5.01 Å². The molecule has 0 spiro atoms. The molecule has 26 heavy (non-hydrogen) atoms. The van der Waals surface area contributed by atoms with Gasteiger partial charge in [-0.05, 0) is 38.5 Å². The third-order valence-corrected chi connectivity index (χ3v) is 5.31. The van der Waals surface area contributed by atoms with Gasteiger partial charge >= 0.3 is 0 Å². The van der Waals surface area contributed by atoms with Crippen LogP contribution in [0.5, 0.6) is 0 Å². The van der Waals surface area contributed by atoms with Crippen LogP contribution in [-0.4, -0.2) is 41.4 Å². The summed E-state index contributed by atoms with van der Waals surface area (Å²) >= 11 is 1.27. The average Bonchev–Trinajstić information content (AvgIpc) is 3.23. The van der Waals surface area contributed by atoms with E-state index in [0.29, 0.717) is 28.7 Å². The quantitative estimate of drug-likeness (QED) is 0.834. The van der Waals surface area contributed by atoms with Crippen molar-refractivity contribution in [1.29, 1.82) is 0 Å². The minimum absolute atomic E-state index is 0.193. The van der Waals surface area contributed by atoms with Gasteiger partial charge < -0.3 is 19.9 Å². The van der Waals surface area contributed by atoms with Crippen molar-refractivity contribution in [3.63, 3.8) is 0 Å². The van der Waals surface area contributed by atoms with Crippen LogP contribution in [0.25, 0.3) is 10.4 Å². The lowest BCUT2D eigenvalue weighted by Crippen LogP contribution is -2.46. The lowest BCUT2D eigenvalue weighted by atomic mass is 10.1. The van der Waals surface area contributed by atoms with Crippen molar-refractivity contribution in [2.75, 3.05) is 19.8 Å². The van der Waals surface area contributed by atoms with Crippen LogP contribution in [0.4, 0.5) is 4.39 Å². The van der Waals surface area contributed by atoms with Crippen LogP contribution in [0.15, 0.2) is 24.3 Å². The number of carbonyl (C=O) groups excluding carboxylic acids is 1. The molecule has 3 rings (SSSR count). The Bertz CT molecular complexity index is 798. The van der Waals surface area contributed by atoms with E-state index < -0.39 is 17.2 Å². The molecule has 2 aromatic rings. The molecule has 1 aromatic heterocycles. The van der Waals surface area contributed by atoms with Crippen molar-refractivity contribution in [3.8, 4) is 10.4 Å². The molecule has 0 aliphatic carbocycles. The maximum atomic E-state index is 13.3. The van der Waals surface area contributed by atoms with Gasteiger partial charge in [0.05, 0.1) is 30.2 Å². The summed E-state index contributed by atoms with van der Waals surface area (Å²) in [7, 11) is 0. The van der Waals surface area contributed by atoms with Crippen molar-refractivity contribution >= 4 is 17.2 Å². The Balaban J connectivity index is 2.04. The number of ether oxygens (including phenoxy) is 2. The molecule has 1 fully saturated rings. The van der Waals surface area contributed by atoms with Crippen LogP contribution in [0.3, 0.4) is 0 Å². The highest BCUT2D eigenvalue weighted by Crippen LogP contribution is 2.39. The number of benzene rings is 1. The molecule has 0 radical (unpaired) electrons. The highest BCUT2D eigenvalue weighted by atomic mass is 32.1. The molecular formula is C18H21FN2O4S. The molecular weight excluding hydrogens is 359 g/mol. The van der Waals surface area contributed by atoms with Gasteiger partial charge in [-0.2, -0.15) is 0 Å². The van der Waals surface area contributed by atoms with E-state index in [-0.39, 0.29) is 18.1 Å². The number of nitrogens with zero attached hydrogens (tertiary/aromatic N) is 1. The molecule has 1 aliphatic heterocycles. The molecule has 2 heterocycles. The molecule has 1 aromatic carbocycles. The van der Waals surface area contributed by atoms with Gasteiger partial charge in [0, 0.05) is 0 Å². The number of hydrogen-bond donors (Lipinski definition) is 2. The SMILES string of the molecule is CC(C)(CO)NC(=O)c1nc(C2(C)OCCO2)sc1-c1ccc(F)cc1. The molecule has 2 N–H and O–H groups in total. The summed E-state index contributed by atoms with van der Waals surface area (Å²) in [6.07, 6.45) is 0. The highest BCUT2D eigenvalue weighted by Gasteiger charge is 2.38. The van der Waals surface area contributed by atoms with Crippen LogP contribution in [0.1, 0.15) is 36.3 Å². The Hall–Kier alpha value is -1.87. The summed E-state index contributed by atoms with van der Waals surface area (Å²) in [6, 6.07) is 5.86. The average molecular weight is 380 g/mol. The van der Waals surface area contributed by atoms with E-state index in [1.807, 2.05) is 0 Å². The molecule has 0 unspecified atom stereocenters. The lowest BCUT2D eigenvalue weighted by molar-refractivity contribution is -0.149. The second kappa shape index (κ2) is 7.03. The van der Waals surface area contributed by atoms with Gasteiger partial charge in [-0.25, -0.2) is 9.37 Å². The van der Waals surface area contributed by atoms with E-state index in [1.54, 1.807) is 32.9 Å². The van der Waals surface area contributed by atoms with Crippen LogP contribution < -0.4 is 5.32 Å². The van der Waals surface area contributed by atoms with E-state index in [1.165, 1.54) is 23.5 Å². The zero-order chi connectivity index (χ0) is 18.9. The topological polar surface area (TPSA) is 80.7 Å². The minimum Gasteiger partial charge on any atom is -0.394 e. The number of halogens is 1. The Kier molecular flexibility index (Phi) is 5.12. The van der Waals surface area contributed by atoms with Crippen LogP contribution in [0, 0.1) is 5.82 Å². The number of aromatic nitrogens is 1. The number of aliphatic hydroxyl groups excluding tert-OH is 1. The van der Waals surface area contributed by atoms with Gasteiger partial charge in [-0.3, -0.25) is 4.79 Å².